The number of hydrogen-bond acceptors (Lipinski definition) is 5. The monoisotopic (exact) mass is 266 g/mol. The number of rotatable bonds is 2. The predicted octanol–water partition coefficient (Wildman–Crippen LogP) is 1.02. The molecule has 1 atom stereocenters. The molecular weight excluding hydrogens is 257 g/mol. The normalized spacial score (nSPS) is 14.9. The second kappa shape index (κ2) is 4.37. The van der Waals surface area contributed by atoms with Gasteiger partial charge in [0, 0.05) is 5.56 Å². The highest BCUT2D eigenvalue weighted by molar-refractivity contribution is 5.82. The van der Waals surface area contributed by atoms with Gasteiger partial charge in [0.15, 0.2) is 11.5 Å². The van der Waals surface area contributed by atoms with Crippen LogP contribution in [-0.2, 0) is 15.1 Å². The number of carbonyl (C=O) groups is 1. The highest BCUT2D eigenvalue weighted by Crippen LogP contribution is 2.42. The van der Waals surface area contributed by atoms with Crippen molar-refractivity contribution in [2.24, 2.45) is 0 Å². The SMILES string of the molecule is COC(=O)C(O)(c1ccc(O)c(O)c1)C(F)(F)F. The molecule has 3 N–H and O–H groups in total. The zero-order valence-corrected chi connectivity index (χ0v) is 9.02. The second-order valence-corrected chi connectivity index (χ2v) is 3.40. The van der Waals surface area contributed by atoms with Gasteiger partial charge in [-0.25, -0.2) is 4.79 Å². The van der Waals surface area contributed by atoms with Crippen molar-refractivity contribution in [1.29, 1.82) is 0 Å². The third-order valence-corrected chi connectivity index (χ3v) is 2.28. The average molecular weight is 266 g/mol. The molecule has 0 aliphatic carbocycles. The Morgan fingerprint density at radius 1 is 1.22 bits per heavy atom. The first-order valence-corrected chi connectivity index (χ1v) is 4.54. The van der Waals surface area contributed by atoms with E-state index in [4.69, 9.17) is 10.2 Å². The van der Waals surface area contributed by atoms with Crippen LogP contribution in [0.5, 0.6) is 11.5 Å². The first-order chi connectivity index (χ1) is 8.14. The number of halogens is 3. The van der Waals surface area contributed by atoms with E-state index in [9.17, 15) is 23.1 Å². The van der Waals surface area contributed by atoms with Crippen LogP contribution in [0, 0.1) is 0 Å². The van der Waals surface area contributed by atoms with E-state index in [1.807, 2.05) is 0 Å². The van der Waals surface area contributed by atoms with Crippen molar-refractivity contribution >= 4 is 5.97 Å². The van der Waals surface area contributed by atoms with E-state index in [1.165, 1.54) is 0 Å². The van der Waals surface area contributed by atoms with Crippen LogP contribution < -0.4 is 0 Å². The Bertz CT molecular complexity index is 471. The number of phenols is 2. The van der Waals surface area contributed by atoms with Crippen LogP contribution in [-0.4, -0.2) is 34.6 Å². The van der Waals surface area contributed by atoms with Gasteiger partial charge in [0.25, 0.3) is 5.60 Å². The average Bonchev–Trinajstić information content (AvgIpc) is 2.29. The molecule has 0 radical (unpaired) electrons. The fourth-order valence-corrected chi connectivity index (χ4v) is 1.29. The summed E-state index contributed by atoms with van der Waals surface area (Å²) in [7, 11) is 0.680. The lowest BCUT2D eigenvalue weighted by Crippen LogP contribution is -2.49. The molecule has 0 heterocycles. The van der Waals surface area contributed by atoms with Crippen LogP contribution >= 0.6 is 0 Å². The highest BCUT2D eigenvalue weighted by Gasteiger charge is 2.62. The lowest BCUT2D eigenvalue weighted by Gasteiger charge is -2.28. The number of alkyl halides is 3. The standard InChI is InChI=1S/C10H9F3O5/c1-18-8(16)9(17,10(11,12)13)5-2-3-6(14)7(15)4-5/h2-4,14-15,17H,1H3. The second-order valence-electron chi connectivity index (χ2n) is 3.40. The Balaban J connectivity index is 3.45. The zero-order valence-electron chi connectivity index (χ0n) is 9.02. The Kier molecular flexibility index (Phi) is 3.43. The predicted molar refractivity (Wildman–Crippen MR) is 51.7 cm³/mol. The summed E-state index contributed by atoms with van der Waals surface area (Å²) < 4.78 is 42.2. The fourth-order valence-electron chi connectivity index (χ4n) is 1.29. The minimum absolute atomic E-state index is 0.430. The van der Waals surface area contributed by atoms with E-state index < -0.39 is 34.8 Å². The number of phenolic OH excluding ortho intramolecular Hbond substituents is 2. The molecule has 1 aromatic carbocycles. The van der Waals surface area contributed by atoms with E-state index in [0.29, 0.717) is 25.3 Å². The van der Waals surface area contributed by atoms with Gasteiger partial charge >= 0.3 is 12.1 Å². The highest BCUT2D eigenvalue weighted by atomic mass is 19.4. The van der Waals surface area contributed by atoms with Gasteiger partial charge in [-0.05, 0) is 12.1 Å². The molecule has 5 nitrogen and oxygen atoms in total. The Labute approximate surface area is 99.0 Å². The third-order valence-electron chi connectivity index (χ3n) is 2.28. The van der Waals surface area contributed by atoms with Gasteiger partial charge in [-0.15, -0.1) is 0 Å². The van der Waals surface area contributed by atoms with E-state index in [-0.39, 0.29) is 0 Å². The van der Waals surface area contributed by atoms with Crippen molar-refractivity contribution in [3.63, 3.8) is 0 Å². The molecule has 0 amide bonds. The number of benzene rings is 1. The first kappa shape index (κ1) is 14.1. The minimum Gasteiger partial charge on any atom is -0.504 e. The van der Waals surface area contributed by atoms with E-state index in [2.05, 4.69) is 4.74 Å². The summed E-state index contributed by atoms with van der Waals surface area (Å²) in [6.45, 7) is 0. The molecule has 0 bridgehead atoms. The summed E-state index contributed by atoms with van der Waals surface area (Å²) in [5, 5.41) is 27.6. The molecule has 18 heavy (non-hydrogen) atoms. The molecule has 100 valence electrons. The number of aromatic hydroxyl groups is 2. The summed E-state index contributed by atoms with van der Waals surface area (Å²) in [6.07, 6.45) is -5.34. The van der Waals surface area contributed by atoms with Crippen LogP contribution in [0.25, 0.3) is 0 Å². The molecule has 8 heteroatoms. The number of methoxy groups -OCH3 is 1. The van der Waals surface area contributed by atoms with Crippen LogP contribution in [0.3, 0.4) is 0 Å². The number of hydrogen-bond donors (Lipinski definition) is 3. The van der Waals surface area contributed by atoms with Gasteiger partial charge in [-0.2, -0.15) is 13.2 Å². The lowest BCUT2D eigenvalue weighted by atomic mass is 9.93. The maximum Gasteiger partial charge on any atom is 0.432 e. The number of aliphatic hydroxyl groups is 1. The van der Waals surface area contributed by atoms with Crippen LogP contribution in [0.15, 0.2) is 18.2 Å². The first-order valence-electron chi connectivity index (χ1n) is 4.54. The fraction of sp³-hybridized carbons (Fsp3) is 0.300. The van der Waals surface area contributed by atoms with E-state index >= 15 is 0 Å². The van der Waals surface area contributed by atoms with E-state index in [1.54, 1.807) is 0 Å². The van der Waals surface area contributed by atoms with Gasteiger partial charge in [-0.1, -0.05) is 6.07 Å². The van der Waals surface area contributed by atoms with Crippen LogP contribution in [0.1, 0.15) is 5.56 Å². The molecule has 0 fully saturated rings. The van der Waals surface area contributed by atoms with Gasteiger partial charge in [0.1, 0.15) is 0 Å². The molecule has 0 saturated carbocycles. The van der Waals surface area contributed by atoms with Crippen LogP contribution in [0.4, 0.5) is 13.2 Å². The molecule has 1 rings (SSSR count). The summed E-state index contributed by atoms with van der Waals surface area (Å²) in [4.78, 5) is 11.1. The van der Waals surface area contributed by atoms with Crippen molar-refractivity contribution in [3.05, 3.63) is 23.8 Å². The molecule has 1 unspecified atom stereocenters. The van der Waals surface area contributed by atoms with Gasteiger partial charge in [0.2, 0.25) is 0 Å². The minimum atomic E-state index is -5.34. The lowest BCUT2D eigenvalue weighted by molar-refractivity contribution is -0.266. The largest absolute Gasteiger partial charge is 0.504 e. The Hall–Kier alpha value is -1.96. The molecule has 0 saturated heterocycles. The number of ether oxygens (including phenoxy) is 1. The van der Waals surface area contributed by atoms with Crippen molar-refractivity contribution in [3.8, 4) is 11.5 Å². The third kappa shape index (κ3) is 2.06. The van der Waals surface area contributed by atoms with Gasteiger partial charge in [-0.3, -0.25) is 0 Å². The summed E-state index contributed by atoms with van der Waals surface area (Å²) in [5.74, 6) is -3.53. The number of esters is 1. The summed E-state index contributed by atoms with van der Waals surface area (Å²) in [6, 6.07) is 1.80. The molecule has 1 aromatic rings. The van der Waals surface area contributed by atoms with Crippen LogP contribution in [0.2, 0.25) is 0 Å². The Morgan fingerprint density at radius 3 is 2.17 bits per heavy atom. The summed E-state index contributed by atoms with van der Waals surface area (Å²) >= 11 is 0. The molecule has 0 aliphatic rings. The van der Waals surface area contributed by atoms with Crippen molar-refractivity contribution in [1.82, 2.24) is 0 Å². The van der Waals surface area contributed by atoms with Gasteiger partial charge in [0.05, 0.1) is 7.11 Å². The molecule has 0 spiro atoms. The molecule has 0 aromatic heterocycles. The Morgan fingerprint density at radius 2 is 1.78 bits per heavy atom. The topological polar surface area (TPSA) is 87.0 Å². The van der Waals surface area contributed by atoms with Crippen molar-refractivity contribution in [2.45, 2.75) is 11.8 Å². The molecular formula is C10H9F3O5. The zero-order chi connectivity index (χ0) is 14.1. The maximum absolute atomic E-state index is 12.8. The maximum atomic E-state index is 12.8. The van der Waals surface area contributed by atoms with Crippen molar-refractivity contribution < 1.29 is 38.0 Å². The van der Waals surface area contributed by atoms with Crippen molar-refractivity contribution in [2.75, 3.05) is 7.11 Å². The summed E-state index contributed by atoms with van der Waals surface area (Å²) in [5.41, 5.74) is -4.87. The molecule has 0 aliphatic heterocycles. The number of carbonyl (C=O) groups excluding carboxylic acids is 1. The smallest absolute Gasteiger partial charge is 0.432 e. The van der Waals surface area contributed by atoms with Gasteiger partial charge < -0.3 is 20.1 Å². The van der Waals surface area contributed by atoms with E-state index in [0.717, 1.165) is 0 Å². The quantitative estimate of drug-likeness (QED) is 0.549.